The third-order valence-corrected chi connectivity index (χ3v) is 2.27. The van der Waals surface area contributed by atoms with Crippen molar-refractivity contribution in [2.24, 2.45) is 0 Å². The van der Waals surface area contributed by atoms with Gasteiger partial charge in [0.05, 0.1) is 28.1 Å². The Bertz CT molecular complexity index is 524. The van der Waals surface area contributed by atoms with E-state index in [2.05, 4.69) is 0 Å². The molecule has 1 aromatic rings. The Hall–Kier alpha value is -1.81. The van der Waals surface area contributed by atoms with Crippen molar-refractivity contribution in [2.75, 3.05) is 11.5 Å². The standard InChI is InChI=1S/C9H5F9N2/c10-7(11,12)2-1-3(19)6(20)5(9(16,17)18)4(2)8(13,14)15/h1H,19-20H2. The molecule has 0 bridgehead atoms. The van der Waals surface area contributed by atoms with Crippen molar-refractivity contribution in [3.8, 4) is 0 Å². The largest absolute Gasteiger partial charge is 0.419 e. The lowest BCUT2D eigenvalue weighted by Gasteiger charge is -2.23. The summed E-state index contributed by atoms with van der Waals surface area (Å²) in [5.41, 5.74) is -1.32. The van der Waals surface area contributed by atoms with Gasteiger partial charge in [0.15, 0.2) is 0 Å². The lowest BCUT2D eigenvalue weighted by molar-refractivity contribution is -0.174. The lowest BCUT2D eigenvalue weighted by atomic mass is 9.96. The molecule has 0 aliphatic heterocycles. The van der Waals surface area contributed by atoms with E-state index in [4.69, 9.17) is 11.5 Å². The first-order chi connectivity index (χ1) is 8.67. The molecule has 0 saturated carbocycles. The molecule has 11 heteroatoms. The third-order valence-electron chi connectivity index (χ3n) is 2.27. The average Bonchev–Trinajstić information content (AvgIpc) is 2.15. The fourth-order valence-corrected chi connectivity index (χ4v) is 1.53. The maximum absolute atomic E-state index is 12.6. The summed E-state index contributed by atoms with van der Waals surface area (Å²) in [4.78, 5) is 0. The number of alkyl halides is 9. The van der Waals surface area contributed by atoms with Crippen LogP contribution in [0.2, 0.25) is 0 Å². The van der Waals surface area contributed by atoms with E-state index in [1.807, 2.05) is 0 Å². The number of anilines is 2. The van der Waals surface area contributed by atoms with Gasteiger partial charge in [-0.05, 0) is 6.07 Å². The van der Waals surface area contributed by atoms with Crippen LogP contribution in [0.5, 0.6) is 0 Å². The van der Waals surface area contributed by atoms with Crippen LogP contribution >= 0.6 is 0 Å². The molecule has 0 atom stereocenters. The van der Waals surface area contributed by atoms with Crippen LogP contribution in [0.1, 0.15) is 16.7 Å². The van der Waals surface area contributed by atoms with Gasteiger partial charge in [-0.1, -0.05) is 0 Å². The van der Waals surface area contributed by atoms with E-state index in [1.54, 1.807) is 0 Å². The Kier molecular flexibility index (Phi) is 3.53. The van der Waals surface area contributed by atoms with E-state index in [0.717, 1.165) is 0 Å². The Morgan fingerprint density at radius 2 is 1.05 bits per heavy atom. The smallest absolute Gasteiger partial charge is 0.397 e. The van der Waals surface area contributed by atoms with Crippen LogP contribution in [0.3, 0.4) is 0 Å². The highest BCUT2D eigenvalue weighted by atomic mass is 19.4. The number of nitrogens with two attached hydrogens (primary N) is 2. The zero-order valence-electron chi connectivity index (χ0n) is 9.13. The molecular formula is C9H5F9N2. The second-order valence-corrected chi connectivity index (χ2v) is 3.67. The number of rotatable bonds is 0. The summed E-state index contributed by atoms with van der Waals surface area (Å²) in [6, 6.07) is -0.270. The minimum Gasteiger partial charge on any atom is -0.397 e. The third kappa shape index (κ3) is 2.85. The van der Waals surface area contributed by atoms with Crippen LogP contribution in [-0.2, 0) is 18.5 Å². The van der Waals surface area contributed by atoms with E-state index in [9.17, 15) is 39.5 Å². The molecule has 0 spiro atoms. The first-order valence-corrected chi connectivity index (χ1v) is 4.61. The fourth-order valence-electron chi connectivity index (χ4n) is 1.53. The van der Waals surface area contributed by atoms with Gasteiger partial charge >= 0.3 is 18.5 Å². The van der Waals surface area contributed by atoms with Crippen molar-refractivity contribution in [3.05, 3.63) is 22.8 Å². The summed E-state index contributed by atoms with van der Waals surface area (Å²) in [6.07, 6.45) is -17.3. The molecule has 114 valence electrons. The molecule has 2 nitrogen and oxygen atoms in total. The minimum absolute atomic E-state index is 0.270. The second kappa shape index (κ2) is 4.35. The van der Waals surface area contributed by atoms with Crippen LogP contribution in [0.25, 0.3) is 0 Å². The first-order valence-electron chi connectivity index (χ1n) is 4.61. The van der Waals surface area contributed by atoms with Gasteiger partial charge in [0, 0.05) is 0 Å². The topological polar surface area (TPSA) is 52.0 Å². The Morgan fingerprint density at radius 1 is 0.650 bits per heavy atom. The lowest BCUT2D eigenvalue weighted by Crippen LogP contribution is -2.25. The van der Waals surface area contributed by atoms with Crippen molar-refractivity contribution in [1.29, 1.82) is 0 Å². The predicted molar refractivity (Wildman–Crippen MR) is 50.3 cm³/mol. The van der Waals surface area contributed by atoms with Crippen molar-refractivity contribution in [2.45, 2.75) is 18.5 Å². The molecule has 0 amide bonds. The normalized spacial score (nSPS) is 13.7. The Labute approximate surface area is 105 Å². The van der Waals surface area contributed by atoms with Crippen LogP contribution in [0.15, 0.2) is 6.07 Å². The monoisotopic (exact) mass is 312 g/mol. The van der Waals surface area contributed by atoms with Crippen LogP contribution < -0.4 is 11.5 Å². The molecule has 0 aromatic heterocycles. The van der Waals surface area contributed by atoms with Crippen molar-refractivity contribution in [3.63, 3.8) is 0 Å². The van der Waals surface area contributed by atoms with E-state index in [-0.39, 0.29) is 6.07 Å². The SMILES string of the molecule is Nc1cc(C(F)(F)F)c(C(F)(F)F)c(C(F)(F)F)c1N. The van der Waals surface area contributed by atoms with E-state index >= 15 is 0 Å². The van der Waals surface area contributed by atoms with Gasteiger partial charge in [0.25, 0.3) is 0 Å². The zero-order valence-corrected chi connectivity index (χ0v) is 9.13. The number of benzene rings is 1. The van der Waals surface area contributed by atoms with Gasteiger partial charge in [-0.25, -0.2) is 0 Å². The second-order valence-electron chi connectivity index (χ2n) is 3.67. The number of halogens is 9. The highest BCUT2D eigenvalue weighted by Crippen LogP contribution is 2.50. The Morgan fingerprint density at radius 3 is 1.35 bits per heavy atom. The number of hydrogen-bond acceptors (Lipinski definition) is 2. The van der Waals surface area contributed by atoms with Crippen molar-refractivity contribution in [1.82, 2.24) is 0 Å². The zero-order chi connectivity index (χ0) is 16.1. The van der Waals surface area contributed by atoms with E-state index in [0.29, 0.717) is 0 Å². The number of hydrogen-bond donors (Lipinski definition) is 2. The summed E-state index contributed by atoms with van der Waals surface area (Å²) in [5, 5.41) is 0. The molecule has 0 saturated heterocycles. The van der Waals surface area contributed by atoms with Crippen LogP contribution in [0, 0.1) is 0 Å². The summed E-state index contributed by atoms with van der Waals surface area (Å²) in [7, 11) is 0. The molecular weight excluding hydrogens is 307 g/mol. The van der Waals surface area contributed by atoms with E-state index in [1.165, 1.54) is 0 Å². The molecule has 20 heavy (non-hydrogen) atoms. The quantitative estimate of drug-likeness (QED) is 0.564. The summed E-state index contributed by atoms with van der Waals surface area (Å²) >= 11 is 0. The fraction of sp³-hybridized carbons (Fsp3) is 0.333. The van der Waals surface area contributed by atoms with Gasteiger partial charge in [-0.3, -0.25) is 0 Å². The molecule has 0 aliphatic carbocycles. The van der Waals surface area contributed by atoms with Crippen molar-refractivity contribution >= 4 is 11.4 Å². The molecule has 0 radical (unpaired) electrons. The van der Waals surface area contributed by atoms with Gasteiger partial charge in [-0.15, -0.1) is 0 Å². The molecule has 1 aromatic carbocycles. The van der Waals surface area contributed by atoms with Crippen LogP contribution in [-0.4, -0.2) is 0 Å². The molecule has 0 fully saturated rings. The number of nitrogen functional groups attached to an aromatic ring is 2. The van der Waals surface area contributed by atoms with Crippen LogP contribution in [0.4, 0.5) is 50.9 Å². The highest BCUT2D eigenvalue weighted by molar-refractivity contribution is 5.72. The average molecular weight is 312 g/mol. The summed E-state index contributed by atoms with van der Waals surface area (Å²) in [6.45, 7) is 0. The molecule has 0 unspecified atom stereocenters. The van der Waals surface area contributed by atoms with Gasteiger partial charge in [-0.2, -0.15) is 39.5 Å². The molecule has 0 heterocycles. The summed E-state index contributed by atoms with van der Waals surface area (Å²) in [5.74, 6) is 0. The molecule has 4 N–H and O–H groups in total. The Balaban J connectivity index is 3.96. The summed E-state index contributed by atoms with van der Waals surface area (Å²) < 4.78 is 113. The molecule has 0 aliphatic rings. The predicted octanol–water partition coefficient (Wildman–Crippen LogP) is 3.91. The van der Waals surface area contributed by atoms with Gasteiger partial charge in [0.1, 0.15) is 0 Å². The van der Waals surface area contributed by atoms with Crippen molar-refractivity contribution < 1.29 is 39.5 Å². The maximum atomic E-state index is 12.6. The highest BCUT2D eigenvalue weighted by Gasteiger charge is 2.51. The minimum atomic E-state index is -5.91. The van der Waals surface area contributed by atoms with Gasteiger partial charge < -0.3 is 11.5 Å². The van der Waals surface area contributed by atoms with Gasteiger partial charge in [0.2, 0.25) is 0 Å². The molecule has 1 rings (SSSR count). The van der Waals surface area contributed by atoms with E-state index < -0.39 is 46.6 Å². The maximum Gasteiger partial charge on any atom is 0.419 e. The first kappa shape index (κ1) is 16.2.